The molecule has 2 aromatic carbocycles. The van der Waals surface area contributed by atoms with Gasteiger partial charge >= 0.3 is 0 Å². The van der Waals surface area contributed by atoms with Gasteiger partial charge < -0.3 is 10.1 Å². The topological polar surface area (TPSA) is 56.2 Å². The fourth-order valence-corrected chi connectivity index (χ4v) is 3.58. The van der Waals surface area contributed by atoms with Gasteiger partial charge in [0.15, 0.2) is 5.16 Å². The SMILES string of the molecule is COc1ccc(-n2ccnc2SC(C)C(=O)Nc2cc(Cl)ccc2Cl)cc1. The summed E-state index contributed by atoms with van der Waals surface area (Å²) in [5.41, 5.74) is 1.42. The van der Waals surface area contributed by atoms with Crippen LogP contribution in [0.2, 0.25) is 10.0 Å². The zero-order valence-electron chi connectivity index (χ0n) is 14.6. The molecule has 0 aliphatic rings. The molecule has 0 fully saturated rings. The highest BCUT2D eigenvalue weighted by Gasteiger charge is 2.19. The van der Waals surface area contributed by atoms with Crippen LogP contribution in [0.1, 0.15) is 6.92 Å². The molecule has 0 radical (unpaired) electrons. The van der Waals surface area contributed by atoms with E-state index in [9.17, 15) is 4.79 Å². The Labute approximate surface area is 171 Å². The van der Waals surface area contributed by atoms with E-state index >= 15 is 0 Å². The molecule has 0 saturated carbocycles. The monoisotopic (exact) mass is 421 g/mol. The Morgan fingerprint density at radius 2 is 1.96 bits per heavy atom. The normalized spacial score (nSPS) is 11.9. The lowest BCUT2D eigenvalue weighted by Crippen LogP contribution is -2.23. The molecule has 1 N–H and O–H groups in total. The van der Waals surface area contributed by atoms with E-state index in [1.807, 2.05) is 42.0 Å². The van der Waals surface area contributed by atoms with Gasteiger partial charge in [-0.25, -0.2) is 4.98 Å². The quantitative estimate of drug-likeness (QED) is 0.548. The van der Waals surface area contributed by atoms with Crippen molar-refractivity contribution in [3.05, 3.63) is 64.9 Å². The summed E-state index contributed by atoms with van der Waals surface area (Å²) >= 11 is 13.4. The molecule has 0 bridgehead atoms. The van der Waals surface area contributed by atoms with Crippen molar-refractivity contribution in [2.45, 2.75) is 17.3 Å². The average Bonchev–Trinajstić information content (AvgIpc) is 3.12. The summed E-state index contributed by atoms with van der Waals surface area (Å²) in [7, 11) is 1.62. The van der Waals surface area contributed by atoms with Crippen molar-refractivity contribution >= 4 is 46.6 Å². The first kappa shape index (κ1) is 19.6. The Bertz CT molecular complexity index is 944. The number of amides is 1. The minimum atomic E-state index is -0.389. The highest BCUT2D eigenvalue weighted by molar-refractivity contribution is 8.00. The molecule has 1 aromatic heterocycles. The van der Waals surface area contributed by atoms with Crippen LogP contribution in [0.5, 0.6) is 5.75 Å². The third-order valence-electron chi connectivity index (χ3n) is 3.80. The first-order chi connectivity index (χ1) is 13.0. The molecular weight excluding hydrogens is 405 g/mol. The van der Waals surface area contributed by atoms with Crippen LogP contribution in [-0.4, -0.2) is 27.8 Å². The lowest BCUT2D eigenvalue weighted by Gasteiger charge is -2.14. The number of methoxy groups -OCH3 is 1. The Kier molecular flexibility index (Phi) is 6.31. The lowest BCUT2D eigenvalue weighted by molar-refractivity contribution is -0.115. The first-order valence-electron chi connectivity index (χ1n) is 8.08. The maximum absolute atomic E-state index is 12.5. The number of imidazole rings is 1. The van der Waals surface area contributed by atoms with Crippen LogP contribution in [0.15, 0.2) is 60.0 Å². The van der Waals surface area contributed by atoms with Gasteiger partial charge in [-0.2, -0.15) is 0 Å². The van der Waals surface area contributed by atoms with Gasteiger partial charge in [-0.1, -0.05) is 35.0 Å². The van der Waals surface area contributed by atoms with Crippen molar-refractivity contribution in [3.63, 3.8) is 0 Å². The second-order valence-electron chi connectivity index (χ2n) is 5.65. The number of aromatic nitrogens is 2. The summed E-state index contributed by atoms with van der Waals surface area (Å²) in [6.45, 7) is 1.81. The lowest BCUT2D eigenvalue weighted by atomic mass is 10.3. The molecule has 0 spiro atoms. The molecular formula is C19H17Cl2N3O2S. The van der Waals surface area contributed by atoms with Crippen LogP contribution in [-0.2, 0) is 4.79 Å². The van der Waals surface area contributed by atoms with Crippen LogP contribution < -0.4 is 10.1 Å². The first-order valence-corrected chi connectivity index (χ1v) is 9.72. The fraction of sp³-hybridized carbons (Fsp3) is 0.158. The molecule has 0 aliphatic carbocycles. The van der Waals surface area contributed by atoms with E-state index in [1.165, 1.54) is 11.8 Å². The minimum Gasteiger partial charge on any atom is -0.497 e. The maximum Gasteiger partial charge on any atom is 0.237 e. The third-order valence-corrected chi connectivity index (χ3v) is 5.44. The largest absolute Gasteiger partial charge is 0.497 e. The molecule has 3 aromatic rings. The predicted octanol–water partition coefficient (Wildman–Crippen LogP) is 5.31. The zero-order valence-corrected chi connectivity index (χ0v) is 17.0. The Balaban J connectivity index is 1.72. The van der Waals surface area contributed by atoms with E-state index < -0.39 is 0 Å². The van der Waals surface area contributed by atoms with E-state index in [0.29, 0.717) is 20.9 Å². The van der Waals surface area contributed by atoms with Crippen molar-refractivity contribution in [3.8, 4) is 11.4 Å². The van der Waals surface area contributed by atoms with Gasteiger partial charge in [-0.05, 0) is 49.4 Å². The van der Waals surface area contributed by atoms with E-state index in [2.05, 4.69) is 10.3 Å². The van der Waals surface area contributed by atoms with Crippen LogP contribution >= 0.6 is 35.0 Å². The molecule has 1 atom stereocenters. The Hall–Kier alpha value is -2.15. The van der Waals surface area contributed by atoms with Gasteiger partial charge in [0.25, 0.3) is 0 Å². The van der Waals surface area contributed by atoms with Crippen molar-refractivity contribution in [1.82, 2.24) is 9.55 Å². The van der Waals surface area contributed by atoms with E-state index in [1.54, 1.807) is 31.5 Å². The number of halogens is 2. The number of ether oxygens (including phenoxy) is 1. The smallest absolute Gasteiger partial charge is 0.237 e. The van der Waals surface area contributed by atoms with Gasteiger partial charge in [-0.3, -0.25) is 9.36 Å². The number of thioether (sulfide) groups is 1. The molecule has 0 aliphatic heterocycles. The number of nitrogens with one attached hydrogen (secondary N) is 1. The number of anilines is 1. The minimum absolute atomic E-state index is 0.187. The molecule has 3 rings (SSSR count). The van der Waals surface area contributed by atoms with E-state index in [-0.39, 0.29) is 11.2 Å². The number of benzene rings is 2. The molecule has 1 unspecified atom stereocenters. The van der Waals surface area contributed by atoms with Crippen molar-refractivity contribution < 1.29 is 9.53 Å². The van der Waals surface area contributed by atoms with Crippen LogP contribution in [0.3, 0.4) is 0 Å². The summed E-state index contributed by atoms with van der Waals surface area (Å²) in [6, 6.07) is 12.6. The average molecular weight is 422 g/mol. The van der Waals surface area contributed by atoms with Crippen molar-refractivity contribution in [2.24, 2.45) is 0 Å². The highest BCUT2D eigenvalue weighted by atomic mass is 35.5. The second kappa shape index (κ2) is 8.69. The number of hydrogen-bond acceptors (Lipinski definition) is 4. The number of hydrogen-bond donors (Lipinski definition) is 1. The summed E-state index contributed by atoms with van der Waals surface area (Å²) in [5, 5.41) is 4.07. The summed E-state index contributed by atoms with van der Waals surface area (Å²) in [5.74, 6) is 0.590. The van der Waals surface area contributed by atoms with E-state index in [0.717, 1.165) is 11.4 Å². The molecule has 140 valence electrons. The molecule has 0 saturated heterocycles. The maximum atomic E-state index is 12.5. The Morgan fingerprint density at radius 3 is 2.67 bits per heavy atom. The fourth-order valence-electron chi connectivity index (χ4n) is 2.36. The molecule has 1 heterocycles. The standard InChI is InChI=1S/C19H17Cl2N3O2S/c1-12(18(25)23-17-11-13(20)3-8-16(17)21)27-19-22-9-10-24(19)14-4-6-15(26-2)7-5-14/h3-12H,1-2H3,(H,23,25). The molecule has 5 nitrogen and oxygen atoms in total. The van der Waals surface area contributed by atoms with Crippen molar-refractivity contribution in [2.75, 3.05) is 12.4 Å². The number of carbonyl (C=O) groups excluding carboxylic acids is 1. The number of rotatable bonds is 6. The van der Waals surface area contributed by atoms with E-state index in [4.69, 9.17) is 27.9 Å². The van der Waals surface area contributed by atoms with Gasteiger partial charge in [0.1, 0.15) is 5.75 Å². The predicted molar refractivity (Wildman–Crippen MR) is 111 cm³/mol. The van der Waals surface area contributed by atoms with Gasteiger partial charge in [0, 0.05) is 23.1 Å². The second-order valence-corrected chi connectivity index (χ2v) is 7.80. The van der Waals surface area contributed by atoms with Crippen LogP contribution in [0.25, 0.3) is 5.69 Å². The summed E-state index contributed by atoms with van der Waals surface area (Å²) in [6.07, 6.45) is 3.55. The van der Waals surface area contributed by atoms with Gasteiger partial charge in [-0.15, -0.1) is 0 Å². The molecule has 8 heteroatoms. The number of carbonyl (C=O) groups is 1. The molecule has 27 heavy (non-hydrogen) atoms. The zero-order chi connectivity index (χ0) is 19.4. The van der Waals surface area contributed by atoms with Crippen LogP contribution in [0.4, 0.5) is 5.69 Å². The molecule has 1 amide bonds. The van der Waals surface area contributed by atoms with Crippen molar-refractivity contribution in [1.29, 1.82) is 0 Å². The van der Waals surface area contributed by atoms with Gasteiger partial charge in [0.2, 0.25) is 5.91 Å². The summed E-state index contributed by atoms with van der Waals surface area (Å²) in [4.78, 5) is 16.9. The van der Waals surface area contributed by atoms with Crippen LogP contribution in [0, 0.1) is 0 Å². The third kappa shape index (κ3) is 4.77. The summed E-state index contributed by atoms with van der Waals surface area (Å²) < 4.78 is 7.10. The Morgan fingerprint density at radius 1 is 1.22 bits per heavy atom. The number of nitrogens with zero attached hydrogens (tertiary/aromatic N) is 2. The highest BCUT2D eigenvalue weighted by Crippen LogP contribution is 2.29. The van der Waals surface area contributed by atoms with Gasteiger partial charge in [0.05, 0.1) is 23.1 Å².